The Hall–Kier alpha value is -1.92. The van der Waals surface area contributed by atoms with Gasteiger partial charge in [-0.1, -0.05) is 18.2 Å². The van der Waals surface area contributed by atoms with Crippen LogP contribution in [-0.4, -0.2) is 40.5 Å². The molecule has 2 aliphatic heterocycles. The lowest BCUT2D eigenvalue weighted by Crippen LogP contribution is -2.50. The highest BCUT2D eigenvalue weighted by Crippen LogP contribution is 2.46. The molecule has 1 N–H and O–H groups in total. The van der Waals surface area contributed by atoms with Crippen molar-refractivity contribution in [1.29, 1.82) is 0 Å². The number of rotatable bonds is 5. The average molecular weight is 398 g/mol. The van der Waals surface area contributed by atoms with Gasteiger partial charge in [-0.2, -0.15) is 0 Å². The first-order valence-electron chi connectivity index (χ1n) is 10.4. The van der Waals surface area contributed by atoms with E-state index in [1.165, 1.54) is 10.6 Å². The van der Waals surface area contributed by atoms with Crippen molar-refractivity contribution in [3.8, 4) is 5.75 Å². The van der Waals surface area contributed by atoms with Gasteiger partial charge >= 0.3 is 0 Å². The van der Waals surface area contributed by atoms with Gasteiger partial charge in [-0.25, -0.2) is 4.98 Å². The van der Waals surface area contributed by atoms with E-state index in [1.54, 1.807) is 11.3 Å². The smallest absolute Gasteiger partial charge is 0.220 e. The minimum absolute atomic E-state index is 0.141. The Balaban J connectivity index is 1.28. The maximum atomic E-state index is 12.5. The number of aromatic nitrogens is 1. The quantitative estimate of drug-likeness (QED) is 0.836. The molecule has 1 amide bonds. The summed E-state index contributed by atoms with van der Waals surface area (Å²) in [6.07, 6.45) is 7.67. The second-order valence-corrected chi connectivity index (χ2v) is 9.45. The molecule has 6 heteroatoms. The van der Waals surface area contributed by atoms with E-state index in [-0.39, 0.29) is 17.4 Å². The zero-order valence-corrected chi connectivity index (χ0v) is 16.9. The van der Waals surface area contributed by atoms with Crippen LogP contribution in [0.3, 0.4) is 0 Å². The predicted molar refractivity (Wildman–Crippen MR) is 110 cm³/mol. The summed E-state index contributed by atoms with van der Waals surface area (Å²) in [6, 6.07) is 8.73. The fraction of sp³-hybridized carbons (Fsp3) is 0.545. The van der Waals surface area contributed by atoms with Crippen molar-refractivity contribution in [2.75, 3.05) is 13.1 Å². The first-order valence-corrected chi connectivity index (χ1v) is 11.3. The van der Waals surface area contributed by atoms with Crippen molar-refractivity contribution >= 4 is 17.2 Å². The number of hydrogen-bond acceptors (Lipinski definition) is 5. The van der Waals surface area contributed by atoms with Gasteiger partial charge in [0.15, 0.2) is 0 Å². The van der Waals surface area contributed by atoms with Crippen LogP contribution < -0.4 is 10.1 Å². The maximum absolute atomic E-state index is 12.5. The molecule has 1 unspecified atom stereocenters. The lowest BCUT2D eigenvalue weighted by Gasteiger charge is -2.46. The Morgan fingerprint density at radius 1 is 1.29 bits per heavy atom. The van der Waals surface area contributed by atoms with Crippen molar-refractivity contribution in [3.63, 3.8) is 0 Å². The van der Waals surface area contributed by atoms with Crippen LogP contribution in [0.1, 0.15) is 55.0 Å². The molecule has 3 aliphatic rings. The first-order chi connectivity index (χ1) is 13.7. The van der Waals surface area contributed by atoms with Crippen LogP contribution in [-0.2, 0) is 11.3 Å². The average Bonchev–Trinajstić information content (AvgIpc) is 3.35. The monoisotopic (exact) mass is 397 g/mol. The van der Waals surface area contributed by atoms with Gasteiger partial charge in [0.05, 0.1) is 6.54 Å². The Morgan fingerprint density at radius 2 is 2.11 bits per heavy atom. The molecule has 2 aromatic rings. The maximum Gasteiger partial charge on any atom is 0.220 e. The number of amides is 1. The van der Waals surface area contributed by atoms with Crippen LogP contribution in [0.15, 0.2) is 35.8 Å². The SMILES string of the molecule is O=C(CC1CC2(CCN(Cc3nccs3)CC2)Oc2ccccc21)NC1CC1. The van der Waals surface area contributed by atoms with E-state index in [4.69, 9.17) is 4.74 Å². The number of nitrogens with zero attached hydrogens (tertiary/aromatic N) is 2. The lowest BCUT2D eigenvalue weighted by atomic mass is 9.76. The van der Waals surface area contributed by atoms with Gasteiger partial charge in [0.25, 0.3) is 0 Å². The molecule has 1 aromatic heterocycles. The van der Waals surface area contributed by atoms with E-state index in [1.807, 2.05) is 17.6 Å². The molecule has 1 aromatic carbocycles. The van der Waals surface area contributed by atoms with E-state index in [0.29, 0.717) is 12.5 Å². The zero-order chi connectivity index (χ0) is 19.0. The summed E-state index contributed by atoms with van der Waals surface area (Å²) < 4.78 is 6.58. The van der Waals surface area contributed by atoms with E-state index >= 15 is 0 Å². The van der Waals surface area contributed by atoms with Crippen molar-refractivity contribution in [2.45, 2.75) is 62.6 Å². The van der Waals surface area contributed by atoms with Crippen LogP contribution in [0.4, 0.5) is 0 Å². The molecule has 3 heterocycles. The summed E-state index contributed by atoms with van der Waals surface area (Å²) in [6.45, 7) is 2.96. The number of nitrogens with one attached hydrogen (secondary N) is 1. The second kappa shape index (κ2) is 7.48. The number of hydrogen-bond donors (Lipinski definition) is 1. The van der Waals surface area contributed by atoms with E-state index in [9.17, 15) is 4.79 Å². The summed E-state index contributed by atoms with van der Waals surface area (Å²) in [5, 5.41) is 6.38. The molecule has 148 valence electrons. The largest absolute Gasteiger partial charge is 0.487 e. The molecule has 1 saturated carbocycles. The van der Waals surface area contributed by atoms with Gasteiger partial charge in [0.1, 0.15) is 16.4 Å². The molecular formula is C22H27N3O2S. The van der Waals surface area contributed by atoms with Crippen LogP contribution in [0.5, 0.6) is 5.75 Å². The third kappa shape index (κ3) is 3.94. The highest BCUT2D eigenvalue weighted by atomic mass is 32.1. The summed E-state index contributed by atoms with van der Waals surface area (Å²) in [5.41, 5.74) is 1.06. The number of fused-ring (bicyclic) bond motifs is 1. The van der Waals surface area contributed by atoms with Crippen molar-refractivity contribution in [1.82, 2.24) is 15.2 Å². The summed E-state index contributed by atoms with van der Waals surface area (Å²) in [4.78, 5) is 19.4. The summed E-state index contributed by atoms with van der Waals surface area (Å²) >= 11 is 1.72. The lowest BCUT2D eigenvalue weighted by molar-refractivity contribution is -0.122. The standard InChI is InChI=1S/C22H27N3O2S/c26-20(24-17-5-6-17)13-16-14-22(27-19-4-2-1-3-18(16)19)7-10-25(11-8-22)15-21-23-9-12-28-21/h1-4,9,12,16-17H,5-8,10-11,13-15H2,(H,24,26). The van der Waals surface area contributed by atoms with E-state index in [2.05, 4.69) is 33.4 Å². The number of likely N-dealkylation sites (tertiary alicyclic amines) is 1. The molecule has 1 spiro atoms. The molecule has 2 fully saturated rings. The van der Waals surface area contributed by atoms with Gasteiger partial charge in [-0.15, -0.1) is 11.3 Å². The summed E-state index contributed by atoms with van der Waals surface area (Å²) in [7, 11) is 0. The molecule has 28 heavy (non-hydrogen) atoms. The number of para-hydroxylation sites is 1. The normalized spacial score (nSPS) is 23.8. The number of piperidine rings is 1. The molecule has 5 nitrogen and oxygen atoms in total. The third-order valence-electron chi connectivity index (χ3n) is 6.29. The molecule has 5 rings (SSSR count). The van der Waals surface area contributed by atoms with Gasteiger partial charge in [0.2, 0.25) is 5.91 Å². The molecule has 0 bridgehead atoms. The third-order valence-corrected chi connectivity index (χ3v) is 7.05. The van der Waals surface area contributed by atoms with Crippen molar-refractivity contribution in [2.24, 2.45) is 0 Å². The zero-order valence-electron chi connectivity index (χ0n) is 16.1. The molecule has 1 atom stereocenters. The minimum atomic E-state index is -0.141. The van der Waals surface area contributed by atoms with E-state index < -0.39 is 0 Å². The highest BCUT2D eigenvalue weighted by molar-refractivity contribution is 7.09. The highest BCUT2D eigenvalue weighted by Gasteiger charge is 2.43. The minimum Gasteiger partial charge on any atom is -0.487 e. The van der Waals surface area contributed by atoms with Crippen molar-refractivity contribution in [3.05, 3.63) is 46.4 Å². The van der Waals surface area contributed by atoms with Crippen LogP contribution >= 0.6 is 11.3 Å². The predicted octanol–water partition coefficient (Wildman–Crippen LogP) is 3.71. The Labute approximate surface area is 170 Å². The molecule has 1 aliphatic carbocycles. The Kier molecular flexibility index (Phi) is 4.85. The molecule has 0 radical (unpaired) electrons. The number of carbonyl (C=O) groups is 1. The second-order valence-electron chi connectivity index (χ2n) is 8.47. The number of ether oxygens (including phenoxy) is 1. The first kappa shape index (κ1) is 18.1. The van der Waals surface area contributed by atoms with E-state index in [0.717, 1.165) is 57.5 Å². The fourth-order valence-electron chi connectivity index (χ4n) is 4.61. The van der Waals surface area contributed by atoms with Gasteiger partial charge in [0, 0.05) is 43.0 Å². The topological polar surface area (TPSA) is 54.5 Å². The molecular weight excluding hydrogens is 370 g/mol. The van der Waals surface area contributed by atoms with Crippen LogP contribution in [0.25, 0.3) is 0 Å². The van der Waals surface area contributed by atoms with Gasteiger partial charge in [-0.3, -0.25) is 9.69 Å². The fourth-order valence-corrected chi connectivity index (χ4v) is 5.27. The summed E-state index contributed by atoms with van der Waals surface area (Å²) in [5.74, 6) is 1.42. The van der Waals surface area contributed by atoms with Gasteiger partial charge in [-0.05, 0) is 43.7 Å². The van der Waals surface area contributed by atoms with Crippen LogP contribution in [0, 0.1) is 0 Å². The molecule has 1 saturated heterocycles. The van der Waals surface area contributed by atoms with Gasteiger partial charge < -0.3 is 10.1 Å². The van der Waals surface area contributed by atoms with Crippen molar-refractivity contribution < 1.29 is 9.53 Å². The number of benzene rings is 1. The number of carbonyl (C=O) groups excluding carboxylic acids is 1. The Morgan fingerprint density at radius 3 is 2.86 bits per heavy atom. The van der Waals surface area contributed by atoms with Crippen LogP contribution in [0.2, 0.25) is 0 Å². The Bertz CT molecular complexity index is 826. The number of thiazole rings is 1.